The molecular weight excluding hydrogens is 316 g/mol. The van der Waals surface area contributed by atoms with Gasteiger partial charge >= 0.3 is 6.09 Å². The minimum Gasteiger partial charge on any atom is -0.444 e. The number of pyridine rings is 1. The molecule has 2 heterocycles. The SMILES string of the molecule is CC(C)(C)OC(=O)N1CCC[C@@H]1CS(=O)(=O)Cc1ccccn1. The molecule has 1 saturated heterocycles. The van der Waals surface area contributed by atoms with Gasteiger partial charge in [0.25, 0.3) is 0 Å². The molecule has 1 atom stereocenters. The van der Waals surface area contributed by atoms with E-state index in [9.17, 15) is 13.2 Å². The average Bonchev–Trinajstić information content (AvgIpc) is 2.84. The van der Waals surface area contributed by atoms with Crippen LogP contribution in [-0.2, 0) is 20.3 Å². The summed E-state index contributed by atoms with van der Waals surface area (Å²) in [5, 5.41) is 0. The van der Waals surface area contributed by atoms with Crippen LogP contribution in [-0.4, -0.2) is 48.3 Å². The van der Waals surface area contributed by atoms with Crippen LogP contribution >= 0.6 is 0 Å². The summed E-state index contributed by atoms with van der Waals surface area (Å²) in [6.45, 7) is 5.94. The van der Waals surface area contributed by atoms with Crippen LogP contribution in [0.15, 0.2) is 24.4 Å². The van der Waals surface area contributed by atoms with Crippen molar-refractivity contribution in [3.05, 3.63) is 30.1 Å². The van der Waals surface area contributed by atoms with Gasteiger partial charge in [-0.25, -0.2) is 13.2 Å². The Morgan fingerprint density at radius 2 is 2.13 bits per heavy atom. The summed E-state index contributed by atoms with van der Waals surface area (Å²) in [7, 11) is -3.34. The van der Waals surface area contributed by atoms with Gasteiger partial charge in [-0.05, 0) is 45.7 Å². The molecule has 0 spiro atoms. The summed E-state index contributed by atoms with van der Waals surface area (Å²) < 4.78 is 30.1. The lowest BCUT2D eigenvalue weighted by Gasteiger charge is -2.28. The fourth-order valence-electron chi connectivity index (χ4n) is 2.63. The molecule has 1 aromatic heterocycles. The molecule has 7 heteroatoms. The Balaban J connectivity index is 2.01. The highest BCUT2D eigenvalue weighted by Crippen LogP contribution is 2.22. The van der Waals surface area contributed by atoms with E-state index in [2.05, 4.69) is 4.98 Å². The van der Waals surface area contributed by atoms with Crippen LogP contribution in [0.3, 0.4) is 0 Å². The van der Waals surface area contributed by atoms with E-state index in [1.165, 1.54) is 0 Å². The van der Waals surface area contributed by atoms with Crippen molar-refractivity contribution in [2.75, 3.05) is 12.3 Å². The predicted molar refractivity (Wildman–Crippen MR) is 87.7 cm³/mol. The average molecular weight is 340 g/mol. The fourth-order valence-corrected chi connectivity index (χ4v) is 4.30. The van der Waals surface area contributed by atoms with E-state index >= 15 is 0 Å². The molecule has 0 N–H and O–H groups in total. The number of ether oxygens (including phenoxy) is 1. The number of sulfone groups is 1. The Morgan fingerprint density at radius 1 is 1.39 bits per heavy atom. The first kappa shape index (κ1) is 17.7. The maximum Gasteiger partial charge on any atom is 0.410 e. The van der Waals surface area contributed by atoms with Crippen molar-refractivity contribution in [2.24, 2.45) is 0 Å². The minimum atomic E-state index is -3.34. The third-order valence-electron chi connectivity index (χ3n) is 3.55. The molecule has 0 saturated carbocycles. The van der Waals surface area contributed by atoms with Gasteiger partial charge in [-0.2, -0.15) is 0 Å². The zero-order chi connectivity index (χ0) is 17.1. The molecular formula is C16H24N2O4S. The Bertz CT molecular complexity index is 638. The number of carbonyl (C=O) groups excluding carboxylic acids is 1. The van der Waals surface area contributed by atoms with Gasteiger partial charge in [0.15, 0.2) is 9.84 Å². The Hall–Kier alpha value is -1.63. The van der Waals surface area contributed by atoms with E-state index in [0.717, 1.165) is 6.42 Å². The van der Waals surface area contributed by atoms with Crippen molar-refractivity contribution in [1.82, 2.24) is 9.88 Å². The third-order valence-corrected chi connectivity index (χ3v) is 5.17. The number of nitrogens with zero attached hydrogens (tertiary/aromatic N) is 2. The zero-order valence-corrected chi connectivity index (χ0v) is 14.7. The van der Waals surface area contributed by atoms with E-state index in [0.29, 0.717) is 18.7 Å². The topological polar surface area (TPSA) is 76.6 Å². The molecule has 1 aromatic rings. The molecule has 23 heavy (non-hydrogen) atoms. The first-order chi connectivity index (χ1) is 10.7. The van der Waals surface area contributed by atoms with Gasteiger partial charge in [0.2, 0.25) is 0 Å². The molecule has 0 radical (unpaired) electrons. The lowest BCUT2D eigenvalue weighted by molar-refractivity contribution is 0.0241. The second-order valence-corrected chi connectivity index (χ2v) is 8.95. The van der Waals surface area contributed by atoms with Crippen molar-refractivity contribution in [3.63, 3.8) is 0 Å². The predicted octanol–water partition coefficient (Wildman–Crippen LogP) is 2.40. The Morgan fingerprint density at radius 3 is 2.74 bits per heavy atom. The van der Waals surface area contributed by atoms with Gasteiger partial charge in [-0.1, -0.05) is 6.07 Å². The van der Waals surface area contributed by atoms with Crippen molar-refractivity contribution in [3.8, 4) is 0 Å². The number of aromatic nitrogens is 1. The van der Waals surface area contributed by atoms with E-state index in [1.54, 1.807) is 50.1 Å². The van der Waals surface area contributed by atoms with Gasteiger partial charge in [0.05, 0.1) is 17.2 Å². The number of carbonyl (C=O) groups is 1. The van der Waals surface area contributed by atoms with E-state index < -0.39 is 21.5 Å². The maximum absolute atomic E-state index is 12.4. The molecule has 1 aliphatic heterocycles. The summed E-state index contributed by atoms with van der Waals surface area (Å²) in [4.78, 5) is 17.8. The second kappa shape index (κ2) is 6.86. The highest BCUT2D eigenvalue weighted by molar-refractivity contribution is 7.90. The molecule has 128 valence electrons. The quantitative estimate of drug-likeness (QED) is 0.841. The summed E-state index contributed by atoms with van der Waals surface area (Å²) >= 11 is 0. The van der Waals surface area contributed by atoms with Crippen LogP contribution in [0.25, 0.3) is 0 Å². The zero-order valence-electron chi connectivity index (χ0n) is 13.9. The van der Waals surface area contributed by atoms with E-state index in [4.69, 9.17) is 4.74 Å². The maximum atomic E-state index is 12.4. The van der Waals surface area contributed by atoms with E-state index in [1.807, 2.05) is 0 Å². The molecule has 1 amide bonds. The summed E-state index contributed by atoms with van der Waals surface area (Å²) in [5.74, 6) is -0.157. The number of hydrogen-bond donors (Lipinski definition) is 0. The number of hydrogen-bond acceptors (Lipinski definition) is 5. The van der Waals surface area contributed by atoms with Gasteiger partial charge in [0.1, 0.15) is 5.60 Å². The summed E-state index contributed by atoms with van der Waals surface area (Å²) in [6, 6.07) is 4.88. The summed E-state index contributed by atoms with van der Waals surface area (Å²) in [5.41, 5.74) is -0.0637. The van der Waals surface area contributed by atoms with Crippen molar-refractivity contribution in [2.45, 2.75) is 51.0 Å². The fraction of sp³-hybridized carbons (Fsp3) is 0.625. The van der Waals surface area contributed by atoms with Crippen LogP contribution in [0.2, 0.25) is 0 Å². The second-order valence-electron chi connectivity index (χ2n) is 6.85. The van der Waals surface area contributed by atoms with Crippen LogP contribution in [0.4, 0.5) is 4.79 Å². The van der Waals surface area contributed by atoms with Crippen molar-refractivity contribution in [1.29, 1.82) is 0 Å². The molecule has 2 rings (SSSR count). The Kier molecular flexibility index (Phi) is 5.29. The minimum absolute atomic E-state index is 0.0528. The largest absolute Gasteiger partial charge is 0.444 e. The van der Waals surface area contributed by atoms with Gasteiger partial charge in [0, 0.05) is 18.8 Å². The standard InChI is InChI=1S/C16H24N2O4S/c1-16(2,3)22-15(19)18-10-6-8-14(18)12-23(20,21)11-13-7-4-5-9-17-13/h4-5,7,9,14H,6,8,10-12H2,1-3H3/t14-/m1/s1. The molecule has 0 bridgehead atoms. The molecule has 0 aliphatic carbocycles. The number of amides is 1. The third kappa shape index (κ3) is 5.49. The molecule has 6 nitrogen and oxygen atoms in total. The number of rotatable bonds is 4. The highest BCUT2D eigenvalue weighted by Gasteiger charge is 2.35. The smallest absolute Gasteiger partial charge is 0.410 e. The van der Waals surface area contributed by atoms with Crippen LogP contribution in [0.1, 0.15) is 39.3 Å². The van der Waals surface area contributed by atoms with Crippen LogP contribution < -0.4 is 0 Å². The number of likely N-dealkylation sites (tertiary alicyclic amines) is 1. The van der Waals surface area contributed by atoms with Crippen molar-refractivity contribution >= 4 is 15.9 Å². The van der Waals surface area contributed by atoms with Crippen molar-refractivity contribution < 1.29 is 17.9 Å². The highest BCUT2D eigenvalue weighted by atomic mass is 32.2. The summed E-state index contributed by atoms with van der Waals surface area (Å²) in [6.07, 6.45) is 2.62. The first-order valence-electron chi connectivity index (χ1n) is 7.76. The molecule has 1 fully saturated rings. The molecule has 1 aliphatic rings. The van der Waals surface area contributed by atoms with Crippen LogP contribution in [0, 0.1) is 0 Å². The van der Waals surface area contributed by atoms with Gasteiger partial charge in [-0.15, -0.1) is 0 Å². The first-order valence-corrected chi connectivity index (χ1v) is 9.58. The Labute approximate surface area is 137 Å². The van der Waals surface area contributed by atoms with Gasteiger partial charge < -0.3 is 9.64 Å². The van der Waals surface area contributed by atoms with Crippen LogP contribution in [0.5, 0.6) is 0 Å². The lowest BCUT2D eigenvalue weighted by Crippen LogP contribution is -2.42. The normalized spacial score (nSPS) is 18.9. The van der Waals surface area contributed by atoms with Gasteiger partial charge in [-0.3, -0.25) is 4.98 Å². The molecule has 0 aromatic carbocycles. The molecule has 0 unspecified atom stereocenters. The lowest BCUT2D eigenvalue weighted by atomic mass is 10.2. The van der Waals surface area contributed by atoms with E-state index in [-0.39, 0.29) is 17.5 Å². The monoisotopic (exact) mass is 340 g/mol.